The molecule has 0 saturated carbocycles. The van der Waals surface area contributed by atoms with Crippen molar-refractivity contribution in [3.8, 4) is 0 Å². The van der Waals surface area contributed by atoms with Gasteiger partial charge in [-0.1, -0.05) is 56.6 Å². The Morgan fingerprint density at radius 1 is 1.10 bits per heavy atom. The Morgan fingerprint density at radius 3 is 2.45 bits per heavy atom. The highest BCUT2D eigenvalue weighted by Gasteiger charge is 2.17. The van der Waals surface area contributed by atoms with E-state index >= 15 is 0 Å². The molecule has 0 aliphatic heterocycles. The van der Waals surface area contributed by atoms with Crippen molar-refractivity contribution in [2.45, 2.75) is 32.7 Å². The number of para-hydroxylation sites is 1. The van der Waals surface area contributed by atoms with E-state index in [1.807, 2.05) is 18.2 Å². The predicted octanol–water partition coefficient (Wildman–Crippen LogP) is 5.39. The van der Waals surface area contributed by atoms with Gasteiger partial charge in [0.15, 0.2) is 0 Å². The topological polar surface area (TPSA) is 12.0 Å². The van der Waals surface area contributed by atoms with Crippen LogP contribution in [0.4, 0.5) is 10.1 Å². The normalized spacial score (nSPS) is 11.4. The molecular weight excluding hydrogens is 273 g/mol. The molecule has 0 unspecified atom stereocenters. The van der Waals surface area contributed by atoms with E-state index in [-0.39, 0.29) is 11.2 Å². The smallest absolute Gasteiger partial charge is 0.129 e. The van der Waals surface area contributed by atoms with Crippen LogP contribution in [0, 0.1) is 5.82 Å². The Hall–Kier alpha value is -1.54. The highest BCUT2D eigenvalue weighted by Crippen LogP contribution is 2.29. The molecule has 0 saturated heterocycles. The first-order valence-corrected chi connectivity index (χ1v) is 7.03. The number of halogens is 2. The maximum absolute atomic E-state index is 13.8. The molecule has 2 aromatic rings. The van der Waals surface area contributed by atoms with Crippen LogP contribution < -0.4 is 5.32 Å². The number of rotatable bonds is 3. The first-order valence-electron chi connectivity index (χ1n) is 6.65. The second kappa shape index (κ2) is 5.84. The fourth-order valence-electron chi connectivity index (χ4n) is 2.15. The van der Waals surface area contributed by atoms with Crippen molar-refractivity contribution in [2.24, 2.45) is 0 Å². The summed E-state index contributed by atoms with van der Waals surface area (Å²) in [4.78, 5) is 0. The second-order valence-electron chi connectivity index (χ2n) is 5.88. The summed E-state index contributed by atoms with van der Waals surface area (Å²) >= 11 is 5.76. The Bertz CT molecular complexity index is 602. The number of hydrogen-bond acceptors (Lipinski definition) is 1. The minimum Gasteiger partial charge on any atom is -0.381 e. The first-order chi connectivity index (χ1) is 9.38. The van der Waals surface area contributed by atoms with Crippen LogP contribution in [0.3, 0.4) is 0 Å². The number of benzene rings is 2. The number of hydrogen-bond donors (Lipinski definition) is 1. The van der Waals surface area contributed by atoms with Crippen molar-refractivity contribution in [2.75, 3.05) is 5.32 Å². The largest absolute Gasteiger partial charge is 0.381 e. The third-order valence-corrected chi connectivity index (χ3v) is 3.45. The van der Waals surface area contributed by atoms with Crippen molar-refractivity contribution in [1.29, 1.82) is 0 Å². The molecule has 106 valence electrons. The highest BCUT2D eigenvalue weighted by atomic mass is 35.5. The summed E-state index contributed by atoms with van der Waals surface area (Å²) in [5.41, 5.74) is 2.91. The van der Waals surface area contributed by atoms with Gasteiger partial charge in [-0.05, 0) is 29.2 Å². The van der Waals surface area contributed by atoms with Gasteiger partial charge in [0.2, 0.25) is 0 Å². The van der Waals surface area contributed by atoms with E-state index in [0.29, 0.717) is 17.1 Å². The summed E-state index contributed by atoms with van der Waals surface area (Å²) in [5, 5.41) is 3.73. The molecule has 20 heavy (non-hydrogen) atoms. The lowest BCUT2D eigenvalue weighted by Crippen LogP contribution is -2.15. The van der Waals surface area contributed by atoms with Crippen LogP contribution in [-0.2, 0) is 12.0 Å². The highest BCUT2D eigenvalue weighted by molar-refractivity contribution is 6.30. The first kappa shape index (κ1) is 14.9. The molecule has 2 rings (SSSR count). The fraction of sp³-hybridized carbons (Fsp3) is 0.294. The minimum atomic E-state index is -0.279. The molecule has 2 aromatic carbocycles. The molecule has 0 fully saturated rings. The molecule has 0 spiro atoms. The number of nitrogens with one attached hydrogen (secondary N) is 1. The van der Waals surface area contributed by atoms with Crippen molar-refractivity contribution in [1.82, 2.24) is 0 Å². The molecule has 0 heterocycles. The molecule has 0 aliphatic rings. The van der Waals surface area contributed by atoms with E-state index in [9.17, 15) is 4.39 Å². The van der Waals surface area contributed by atoms with E-state index in [1.165, 1.54) is 11.6 Å². The fourth-order valence-corrected chi connectivity index (χ4v) is 2.31. The average molecular weight is 292 g/mol. The molecular formula is C17H19ClFN. The van der Waals surface area contributed by atoms with Gasteiger partial charge in [0.1, 0.15) is 5.82 Å². The van der Waals surface area contributed by atoms with Crippen LogP contribution in [0.15, 0.2) is 42.5 Å². The van der Waals surface area contributed by atoms with E-state index in [0.717, 1.165) is 5.69 Å². The monoisotopic (exact) mass is 291 g/mol. The van der Waals surface area contributed by atoms with Crippen LogP contribution in [0.1, 0.15) is 31.9 Å². The molecule has 0 atom stereocenters. The summed E-state index contributed by atoms with van der Waals surface area (Å²) in [7, 11) is 0. The zero-order valence-corrected chi connectivity index (χ0v) is 12.8. The van der Waals surface area contributed by atoms with Crippen LogP contribution >= 0.6 is 11.6 Å². The van der Waals surface area contributed by atoms with Gasteiger partial charge >= 0.3 is 0 Å². The van der Waals surface area contributed by atoms with Gasteiger partial charge in [0, 0.05) is 22.8 Å². The Balaban J connectivity index is 2.19. The molecule has 3 heteroatoms. The molecule has 1 nitrogen and oxygen atoms in total. The van der Waals surface area contributed by atoms with Crippen LogP contribution in [0.5, 0.6) is 0 Å². The van der Waals surface area contributed by atoms with Crippen molar-refractivity contribution >= 4 is 17.3 Å². The second-order valence-corrected chi connectivity index (χ2v) is 6.32. The van der Waals surface area contributed by atoms with Crippen molar-refractivity contribution in [3.63, 3.8) is 0 Å². The zero-order valence-electron chi connectivity index (χ0n) is 12.0. The third kappa shape index (κ3) is 3.51. The summed E-state index contributed by atoms with van der Waals surface area (Å²) < 4.78 is 13.8. The van der Waals surface area contributed by atoms with E-state index in [4.69, 9.17) is 11.6 Å². The van der Waals surface area contributed by atoms with Crippen LogP contribution in [0.2, 0.25) is 5.02 Å². The summed E-state index contributed by atoms with van der Waals surface area (Å²) in [6, 6.07) is 12.9. The average Bonchev–Trinajstić information content (AvgIpc) is 2.37. The van der Waals surface area contributed by atoms with Crippen LogP contribution in [0.25, 0.3) is 0 Å². The van der Waals surface area contributed by atoms with Gasteiger partial charge in [-0.15, -0.1) is 0 Å². The predicted molar refractivity (Wildman–Crippen MR) is 83.9 cm³/mol. The molecule has 0 radical (unpaired) electrons. The minimum absolute atomic E-state index is 0.0438. The molecule has 0 bridgehead atoms. The van der Waals surface area contributed by atoms with E-state index < -0.39 is 0 Å². The van der Waals surface area contributed by atoms with Gasteiger partial charge in [0.05, 0.1) is 0 Å². The van der Waals surface area contributed by atoms with Gasteiger partial charge in [0.25, 0.3) is 0 Å². The van der Waals surface area contributed by atoms with E-state index in [1.54, 1.807) is 12.1 Å². The summed E-state index contributed by atoms with van der Waals surface area (Å²) in [5.74, 6) is -0.279. The molecule has 1 N–H and O–H groups in total. The zero-order chi connectivity index (χ0) is 14.8. The van der Waals surface area contributed by atoms with Crippen molar-refractivity contribution < 1.29 is 4.39 Å². The maximum atomic E-state index is 13.8. The Morgan fingerprint density at radius 2 is 1.80 bits per heavy atom. The SMILES string of the molecule is CC(C)(C)c1ccccc1NCc1ccc(Cl)cc1F. The van der Waals surface area contributed by atoms with Gasteiger partial charge in [-0.25, -0.2) is 4.39 Å². The molecule has 0 aliphatic carbocycles. The summed E-state index contributed by atoms with van der Waals surface area (Å²) in [6.07, 6.45) is 0. The van der Waals surface area contributed by atoms with E-state index in [2.05, 4.69) is 32.2 Å². The van der Waals surface area contributed by atoms with Gasteiger partial charge < -0.3 is 5.32 Å². The number of anilines is 1. The van der Waals surface area contributed by atoms with Crippen LogP contribution in [-0.4, -0.2) is 0 Å². The third-order valence-electron chi connectivity index (χ3n) is 3.22. The Labute approximate surface area is 124 Å². The lowest BCUT2D eigenvalue weighted by molar-refractivity contribution is 0.591. The summed E-state index contributed by atoms with van der Waals surface area (Å²) in [6.45, 7) is 6.93. The molecule has 0 aromatic heterocycles. The quantitative estimate of drug-likeness (QED) is 0.799. The van der Waals surface area contributed by atoms with Gasteiger partial charge in [-0.3, -0.25) is 0 Å². The van der Waals surface area contributed by atoms with Gasteiger partial charge in [-0.2, -0.15) is 0 Å². The lowest BCUT2D eigenvalue weighted by atomic mass is 9.86. The Kier molecular flexibility index (Phi) is 4.34. The standard InChI is InChI=1S/C17H19ClFN/c1-17(2,3)14-6-4-5-7-16(14)20-11-12-8-9-13(18)10-15(12)19/h4-10,20H,11H2,1-3H3. The molecule has 0 amide bonds. The van der Waals surface area contributed by atoms with Crippen molar-refractivity contribution in [3.05, 3.63) is 64.4 Å². The lowest BCUT2D eigenvalue weighted by Gasteiger charge is -2.23. The maximum Gasteiger partial charge on any atom is 0.129 e.